The van der Waals surface area contributed by atoms with Gasteiger partial charge in [-0.05, 0) is 37.8 Å². The molecule has 0 radical (unpaired) electrons. The van der Waals surface area contributed by atoms with E-state index in [-0.39, 0.29) is 18.5 Å². The van der Waals surface area contributed by atoms with Crippen molar-refractivity contribution in [3.63, 3.8) is 0 Å². The van der Waals surface area contributed by atoms with Crippen LogP contribution < -0.4 is 5.73 Å². The lowest BCUT2D eigenvalue weighted by Gasteiger charge is -2.35. The Bertz CT molecular complexity index is 634. The summed E-state index contributed by atoms with van der Waals surface area (Å²) in [6.45, 7) is 3.72. The van der Waals surface area contributed by atoms with Gasteiger partial charge in [0.05, 0.1) is 0 Å². The Hall–Kier alpha value is -1.05. The van der Waals surface area contributed by atoms with Crippen LogP contribution in [0.1, 0.15) is 32.3 Å². The first-order valence-electron chi connectivity index (χ1n) is 6.97. The molecule has 0 spiro atoms. The maximum Gasteiger partial charge on any atom is 0.246 e. The summed E-state index contributed by atoms with van der Waals surface area (Å²) < 4.78 is 54.4. The minimum Gasteiger partial charge on any atom is -0.326 e. The van der Waals surface area contributed by atoms with Crippen molar-refractivity contribution in [2.45, 2.75) is 44.2 Å². The van der Waals surface area contributed by atoms with E-state index in [9.17, 15) is 17.2 Å². The van der Waals surface area contributed by atoms with Crippen molar-refractivity contribution in [3.8, 4) is 0 Å². The van der Waals surface area contributed by atoms with Crippen LogP contribution in [-0.2, 0) is 16.6 Å². The van der Waals surface area contributed by atoms with Gasteiger partial charge in [0.25, 0.3) is 0 Å². The monoisotopic (exact) mass is 318 g/mol. The number of nitrogens with two attached hydrogens (primary N) is 1. The van der Waals surface area contributed by atoms with Crippen molar-refractivity contribution in [1.82, 2.24) is 4.31 Å². The maximum absolute atomic E-state index is 14.3. The van der Waals surface area contributed by atoms with Crippen molar-refractivity contribution < 1.29 is 17.2 Å². The zero-order chi connectivity index (χ0) is 15.8. The molecule has 21 heavy (non-hydrogen) atoms. The van der Waals surface area contributed by atoms with Crippen LogP contribution in [0.3, 0.4) is 0 Å². The quantitative estimate of drug-likeness (QED) is 0.929. The number of hydrogen-bond donors (Lipinski definition) is 1. The van der Waals surface area contributed by atoms with E-state index < -0.39 is 32.1 Å². The number of halogens is 2. The average molecular weight is 318 g/mol. The number of sulfonamides is 1. The highest BCUT2D eigenvalue weighted by atomic mass is 32.2. The largest absolute Gasteiger partial charge is 0.326 e. The van der Waals surface area contributed by atoms with E-state index >= 15 is 0 Å². The number of nitrogens with zero attached hydrogens (tertiary/aromatic N) is 1. The summed E-state index contributed by atoms with van der Waals surface area (Å²) in [5.41, 5.74) is 4.91. The van der Waals surface area contributed by atoms with Crippen LogP contribution in [0.15, 0.2) is 17.0 Å². The Labute approximate surface area is 124 Å². The summed E-state index contributed by atoms with van der Waals surface area (Å²) in [4.78, 5) is -0.495. The van der Waals surface area contributed by atoms with Crippen molar-refractivity contribution in [2.75, 3.05) is 6.54 Å². The van der Waals surface area contributed by atoms with Crippen molar-refractivity contribution in [2.24, 2.45) is 11.7 Å². The second-order valence-corrected chi connectivity index (χ2v) is 7.51. The molecule has 1 aliphatic heterocycles. The van der Waals surface area contributed by atoms with Crippen molar-refractivity contribution in [3.05, 3.63) is 29.3 Å². The maximum atomic E-state index is 14.3. The molecular formula is C14H20F2N2O2S. The standard InChI is InChI=1S/C14H20F2N2O2S/c1-9-3-4-10(2)18(8-9)21(19,20)13-6-5-12(15)11(7-17)14(13)16/h5-6,9-10H,3-4,7-8,17H2,1-2H3. The molecule has 2 unspecified atom stereocenters. The molecule has 1 aromatic rings. The van der Waals surface area contributed by atoms with Gasteiger partial charge in [-0.1, -0.05) is 6.92 Å². The molecule has 7 heteroatoms. The number of piperidine rings is 1. The SMILES string of the molecule is CC1CCC(C)N(S(=O)(=O)c2ccc(F)c(CN)c2F)C1. The molecule has 0 aliphatic carbocycles. The lowest BCUT2D eigenvalue weighted by atomic mass is 9.97. The van der Waals surface area contributed by atoms with Gasteiger partial charge in [-0.25, -0.2) is 17.2 Å². The van der Waals surface area contributed by atoms with Gasteiger partial charge in [0.15, 0.2) is 5.82 Å². The molecule has 118 valence electrons. The highest BCUT2D eigenvalue weighted by Crippen LogP contribution is 2.30. The van der Waals surface area contributed by atoms with E-state index in [0.717, 1.165) is 25.0 Å². The summed E-state index contributed by atoms with van der Waals surface area (Å²) in [5, 5.41) is 0. The minimum atomic E-state index is -3.99. The fourth-order valence-corrected chi connectivity index (χ4v) is 4.54. The normalized spacial score (nSPS) is 24.2. The predicted octanol–water partition coefficient (Wildman–Crippen LogP) is 2.23. The van der Waals surface area contributed by atoms with Gasteiger partial charge in [0.2, 0.25) is 10.0 Å². The lowest BCUT2D eigenvalue weighted by Crippen LogP contribution is -2.45. The van der Waals surface area contributed by atoms with Crippen LogP contribution >= 0.6 is 0 Å². The van der Waals surface area contributed by atoms with E-state index in [1.807, 2.05) is 6.92 Å². The van der Waals surface area contributed by atoms with Crippen LogP contribution in [0.4, 0.5) is 8.78 Å². The van der Waals surface area contributed by atoms with Crippen molar-refractivity contribution >= 4 is 10.0 Å². The Morgan fingerprint density at radius 1 is 1.29 bits per heavy atom. The van der Waals surface area contributed by atoms with Gasteiger partial charge < -0.3 is 5.73 Å². The van der Waals surface area contributed by atoms with Gasteiger partial charge >= 0.3 is 0 Å². The van der Waals surface area contributed by atoms with Crippen LogP contribution in [0.2, 0.25) is 0 Å². The molecule has 0 saturated carbocycles. The molecule has 4 nitrogen and oxygen atoms in total. The summed E-state index contributed by atoms with van der Waals surface area (Å²) in [5.74, 6) is -1.69. The predicted molar refractivity (Wildman–Crippen MR) is 76.0 cm³/mol. The van der Waals surface area contributed by atoms with E-state index in [0.29, 0.717) is 6.54 Å². The smallest absolute Gasteiger partial charge is 0.246 e. The third-order valence-corrected chi connectivity index (χ3v) is 6.00. The summed E-state index contributed by atoms with van der Waals surface area (Å²) >= 11 is 0. The van der Waals surface area contributed by atoms with Gasteiger partial charge in [0.1, 0.15) is 10.7 Å². The van der Waals surface area contributed by atoms with E-state index in [4.69, 9.17) is 5.73 Å². The highest BCUT2D eigenvalue weighted by molar-refractivity contribution is 7.89. The van der Waals surface area contributed by atoms with Gasteiger partial charge in [0, 0.05) is 24.7 Å². The molecule has 1 saturated heterocycles. The molecule has 0 amide bonds. The zero-order valence-corrected chi connectivity index (χ0v) is 13.0. The molecule has 1 aromatic carbocycles. The molecule has 1 heterocycles. The molecular weight excluding hydrogens is 298 g/mol. The first kappa shape index (κ1) is 16.3. The third-order valence-electron chi connectivity index (χ3n) is 4.00. The number of rotatable bonds is 3. The Morgan fingerprint density at radius 2 is 1.95 bits per heavy atom. The van der Waals surface area contributed by atoms with Crippen LogP contribution in [0, 0.1) is 17.6 Å². The lowest BCUT2D eigenvalue weighted by molar-refractivity contribution is 0.217. The molecule has 2 rings (SSSR count). The Morgan fingerprint density at radius 3 is 2.57 bits per heavy atom. The van der Waals surface area contributed by atoms with E-state index in [1.54, 1.807) is 6.92 Å². The Balaban J connectivity index is 2.49. The molecule has 1 aliphatic rings. The fourth-order valence-electron chi connectivity index (χ4n) is 2.67. The summed E-state index contributed by atoms with van der Waals surface area (Å²) in [6.07, 6.45) is 1.67. The van der Waals surface area contributed by atoms with Gasteiger partial charge in [-0.15, -0.1) is 0 Å². The van der Waals surface area contributed by atoms with Crippen LogP contribution in [-0.4, -0.2) is 25.3 Å². The number of benzene rings is 1. The fraction of sp³-hybridized carbons (Fsp3) is 0.571. The van der Waals surface area contributed by atoms with Crippen LogP contribution in [0.25, 0.3) is 0 Å². The van der Waals surface area contributed by atoms with E-state index in [1.165, 1.54) is 4.31 Å². The van der Waals surface area contributed by atoms with E-state index in [2.05, 4.69) is 0 Å². The molecule has 2 atom stereocenters. The second kappa shape index (κ2) is 5.98. The zero-order valence-electron chi connectivity index (χ0n) is 12.1. The summed E-state index contributed by atoms with van der Waals surface area (Å²) in [7, 11) is -3.99. The first-order valence-corrected chi connectivity index (χ1v) is 8.41. The molecule has 0 aromatic heterocycles. The van der Waals surface area contributed by atoms with Crippen molar-refractivity contribution in [1.29, 1.82) is 0 Å². The Kier molecular flexibility index (Phi) is 4.65. The summed E-state index contributed by atoms with van der Waals surface area (Å²) in [6, 6.07) is 1.73. The topological polar surface area (TPSA) is 63.4 Å². The third kappa shape index (κ3) is 2.95. The number of hydrogen-bond acceptors (Lipinski definition) is 3. The first-order chi connectivity index (χ1) is 9.78. The molecule has 1 fully saturated rings. The highest BCUT2D eigenvalue weighted by Gasteiger charge is 2.35. The average Bonchev–Trinajstić information content (AvgIpc) is 2.41. The van der Waals surface area contributed by atoms with Gasteiger partial charge in [-0.2, -0.15) is 4.31 Å². The minimum absolute atomic E-state index is 0.197. The molecule has 2 N–H and O–H groups in total. The van der Waals surface area contributed by atoms with Gasteiger partial charge in [-0.3, -0.25) is 0 Å². The molecule has 0 bridgehead atoms. The second-order valence-electron chi connectivity index (χ2n) is 5.65. The van der Waals surface area contributed by atoms with Crippen LogP contribution in [0.5, 0.6) is 0 Å².